The van der Waals surface area contributed by atoms with E-state index in [1.165, 1.54) is 5.56 Å². The Labute approximate surface area is 223 Å². The molecule has 1 heterocycles. The standard InChI is InChI=1S/C35H27O2P/c36-38(27-14-3-1-4-15-27,28-16-5-2-6-17-28)29-18-11-13-26(24-29)30-23-22-25-12-7-8-19-31(25)35-34(30)32-20-9-10-21-33(32)37-35/h1-21,23-24,36,38H,22H2. The van der Waals surface area contributed by atoms with E-state index in [9.17, 15) is 4.89 Å². The van der Waals surface area contributed by atoms with E-state index in [2.05, 4.69) is 91.0 Å². The maximum absolute atomic E-state index is 12.6. The molecular formula is C35H27O2P. The van der Waals surface area contributed by atoms with Crippen LogP contribution in [0.2, 0.25) is 0 Å². The van der Waals surface area contributed by atoms with Crippen LogP contribution in [0.15, 0.2) is 144 Å². The van der Waals surface area contributed by atoms with E-state index >= 15 is 0 Å². The van der Waals surface area contributed by atoms with Crippen LogP contribution in [0.5, 0.6) is 0 Å². The minimum atomic E-state index is -3.23. The van der Waals surface area contributed by atoms with Crippen LogP contribution >= 0.6 is 7.49 Å². The van der Waals surface area contributed by atoms with Crippen LogP contribution in [0, 0.1) is 0 Å². The zero-order chi connectivity index (χ0) is 25.5. The van der Waals surface area contributed by atoms with E-state index in [1.807, 2.05) is 48.5 Å². The number of para-hydroxylation sites is 1. The van der Waals surface area contributed by atoms with E-state index in [1.54, 1.807) is 0 Å². The van der Waals surface area contributed by atoms with Crippen molar-refractivity contribution in [2.45, 2.75) is 6.42 Å². The van der Waals surface area contributed by atoms with Crippen LogP contribution in [0.25, 0.3) is 27.9 Å². The molecule has 2 nitrogen and oxygen atoms in total. The number of fused-ring (bicyclic) bond motifs is 5. The summed E-state index contributed by atoms with van der Waals surface area (Å²) in [5.41, 5.74) is 6.61. The van der Waals surface area contributed by atoms with Crippen LogP contribution in [0.4, 0.5) is 0 Å². The quantitative estimate of drug-likeness (QED) is 0.259. The van der Waals surface area contributed by atoms with Crippen molar-refractivity contribution in [2.75, 3.05) is 0 Å². The van der Waals surface area contributed by atoms with Crippen LogP contribution in [0.3, 0.4) is 0 Å². The van der Waals surface area contributed by atoms with E-state index in [-0.39, 0.29) is 0 Å². The molecule has 0 unspecified atom stereocenters. The first-order chi connectivity index (χ1) is 18.7. The van der Waals surface area contributed by atoms with E-state index in [4.69, 9.17) is 4.42 Å². The molecule has 7 rings (SSSR count). The predicted octanol–water partition coefficient (Wildman–Crippen LogP) is 7.02. The molecule has 1 aromatic heterocycles. The molecule has 6 aromatic rings. The number of allylic oxidation sites excluding steroid dienone is 1. The molecule has 184 valence electrons. The fraction of sp³-hybridized carbons (Fsp3) is 0.0286. The van der Waals surface area contributed by atoms with Crippen molar-refractivity contribution in [3.8, 4) is 11.3 Å². The molecular weight excluding hydrogens is 483 g/mol. The Morgan fingerprint density at radius 2 is 1.24 bits per heavy atom. The molecule has 0 amide bonds. The summed E-state index contributed by atoms with van der Waals surface area (Å²) in [7, 11) is -3.23. The van der Waals surface area contributed by atoms with E-state index in [0.29, 0.717) is 0 Å². The first-order valence-corrected chi connectivity index (χ1v) is 14.9. The average Bonchev–Trinajstić information content (AvgIpc) is 3.29. The van der Waals surface area contributed by atoms with Crippen molar-refractivity contribution in [3.63, 3.8) is 0 Å². The maximum atomic E-state index is 12.6. The number of benzene rings is 5. The van der Waals surface area contributed by atoms with Gasteiger partial charge in [0.1, 0.15) is 0 Å². The summed E-state index contributed by atoms with van der Waals surface area (Å²) in [5.74, 6) is 0.912. The Morgan fingerprint density at radius 1 is 0.605 bits per heavy atom. The molecule has 0 aliphatic heterocycles. The molecule has 1 N–H and O–H groups in total. The number of hydrogen-bond donors (Lipinski definition) is 1. The molecule has 3 heteroatoms. The fourth-order valence-corrected chi connectivity index (χ4v) is 8.82. The van der Waals surface area contributed by atoms with Crippen LogP contribution in [-0.2, 0) is 6.42 Å². The summed E-state index contributed by atoms with van der Waals surface area (Å²) in [6.45, 7) is 0. The molecule has 0 spiro atoms. The molecule has 0 fully saturated rings. The molecule has 0 radical (unpaired) electrons. The Morgan fingerprint density at radius 3 is 2.00 bits per heavy atom. The average molecular weight is 511 g/mol. The first kappa shape index (κ1) is 22.9. The SMILES string of the molecule is O[PH](c1ccccc1)(c1ccccc1)c1cccc(C2=CCc3ccccc3-c3oc4ccccc4c32)c1. The van der Waals surface area contributed by atoms with Crippen molar-refractivity contribution >= 4 is 39.9 Å². The summed E-state index contributed by atoms with van der Waals surface area (Å²) in [6.07, 6.45) is 3.13. The van der Waals surface area contributed by atoms with Gasteiger partial charge in [0, 0.05) is 0 Å². The van der Waals surface area contributed by atoms with Crippen LogP contribution < -0.4 is 15.9 Å². The zero-order valence-corrected chi connectivity index (χ0v) is 21.8. The van der Waals surface area contributed by atoms with Crippen LogP contribution in [-0.4, -0.2) is 4.89 Å². The Kier molecular flexibility index (Phi) is 5.59. The van der Waals surface area contributed by atoms with Crippen molar-refractivity contribution in [2.24, 2.45) is 0 Å². The molecule has 5 aromatic carbocycles. The second-order valence-electron chi connectivity index (χ2n) is 9.80. The summed E-state index contributed by atoms with van der Waals surface area (Å²) in [6, 6.07) is 45.5. The summed E-state index contributed by atoms with van der Waals surface area (Å²) in [4.78, 5) is 12.6. The van der Waals surface area contributed by atoms with Gasteiger partial charge in [0.25, 0.3) is 0 Å². The first-order valence-electron chi connectivity index (χ1n) is 13.0. The van der Waals surface area contributed by atoms with Gasteiger partial charge >= 0.3 is 223 Å². The van der Waals surface area contributed by atoms with Gasteiger partial charge < -0.3 is 0 Å². The number of hydrogen-bond acceptors (Lipinski definition) is 2. The van der Waals surface area contributed by atoms with Crippen molar-refractivity contribution < 1.29 is 9.31 Å². The number of rotatable bonds is 4. The Balaban J connectivity index is 1.46. The third-order valence-corrected chi connectivity index (χ3v) is 11.1. The van der Waals surface area contributed by atoms with Gasteiger partial charge in [-0.2, -0.15) is 0 Å². The normalized spacial score (nSPS) is 13.3. The monoisotopic (exact) mass is 510 g/mol. The zero-order valence-electron chi connectivity index (χ0n) is 20.8. The van der Waals surface area contributed by atoms with Crippen LogP contribution in [0.1, 0.15) is 16.7 Å². The van der Waals surface area contributed by atoms with E-state index < -0.39 is 7.49 Å². The van der Waals surface area contributed by atoms with Crippen molar-refractivity contribution in [1.29, 1.82) is 0 Å². The van der Waals surface area contributed by atoms with E-state index in [0.717, 1.165) is 61.3 Å². The molecule has 1 aliphatic rings. The fourth-order valence-electron chi connectivity index (χ4n) is 5.77. The van der Waals surface area contributed by atoms with Gasteiger partial charge in [0.05, 0.1) is 0 Å². The second-order valence-corrected chi connectivity index (χ2v) is 13.0. The second kappa shape index (κ2) is 9.26. The van der Waals surface area contributed by atoms with Crippen molar-refractivity contribution in [3.05, 3.63) is 156 Å². The van der Waals surface area contributed by atoms with Gasteiger partial charge in [-0.1, -0.05) is 0 Å². The molecule has 0 saturated carbocycles. The summed E-state index contributed by atoms with van der Waals surface area (Å²) in [5, 5.41) is 4.01. The topological polar surface area (TPSA) is 33.4 Å². The predicted molar refractivity (Wildman–Crippen MR) is 161 cm³/mol. The van der Waals surface area contributed by atoms with Gasteiger partial charge in [-0.15, -0.1) is 0 Å². The third-order valence-electron chi connectivity index (χ3n) is 7.63. The number of furan rings is 1. The van der Waals surface area contributed by atoms with Gasteiger partial charge in [-0.25, -0.2) is 0 Å². The summed E-state index contributed by atoms with van der Waals surface area (Å²) >= 11 is 0. The molecule has 0 saturated heterocycles. The minimum absolute atomic E-state index is 0.813. The Hall–Kier alpha value is -4.23. The molecule has 0 bridgehead atoms. The third kappa shape index (κ3) is 3.65. The van der Waals surface area contributed by atoms with Gasteiger partial charge in [0.2, 0.25) is 0 Å². The van der Waals surface area contributed by atoms with Crippen molar-refractivity contribution in [1.82, 2.24) is 0 Å². The molecule has 0 atom stereocenters. The summed E-state index contributed by atoms with van der Waals surface area (Å²) < 4.78 is 6.50. The molecule has 38 heavy (non-hydrogen) atoms. The van der Waals surface area contributed by atoms with Gasteiger partial charge in [0.15, 0.2) is 0 Å². The van der Waals surface area contributed by atoms with Gasteiger partial charge in [-0.05, 0) is 0 Å². The van der Waals surface area contributed by atoms with Gasteiger partial charge in [-0.3, -0.25) is 0 Å². The molecule has 1 aliphatic carbocycles. The Bertz CT molecular complexity index is 1760.